The average molecular weight is 354 g/mol. The van der Waals surface area contributed by atoms with E-state index in [0.717, 1.165) is 41.3 Å². The fourth-order valence-electron chi connectivity index (χ4n) is 3.57. The smallest absolute Gasteiger partial charge is 0.261 e. The van der Waals surface area contributed by atoms with E-state index < -0.39 is 10.0 Å². The van der Waals surface area contributed by atoms with Gasteiger partial charge in [0.05, 0.1) is 4.90 Å². The van der Waals surface area contributed by atoms with Crippen molar-refractivity contribution in [1.29, 1.82) is 0 Å². The van der Waals surface area contributed by atoms with Gasteiger partial charge in [-0.15, -0.1) is 0 Å². The van der Waals surface area contributed by atoms with Gasteiger partial charge in [0, 0.05) is 22.3 Å². The molecule has 2 aromatic carbocycles. The van der Waals surface area contributed by atoms with Gasteiger partial charge in [0.25, 0.3) is 10.0 Å². The van der Waals surface area contributed by atoms with Gasteiger partial charge in [-0.2, -0.15) is 0 Å². The van der Waals surface area contributed by atoms with Crippen molar-refractivity contribution in [1.82, 2.24) is 4.98 Å². The van der Waals surface area contributed by atoms with Crippen molar-refractivity contribution >= 4 is 26.6 Å². The zero-order valence-electron chi connectivity index (χ0n) is 14.5. The Bertz CT molecular complexity index is 1060. The van der Waals surface area contributed by atoms with Crippen molar-refractivity contribution < 1.29 is 8.42 Å². The Balaban J connectivity index is 1.73. The second-order valence-electron chi connectivity index (χ2n) is 6.90. The highest BCUT2D eigenvalue weighted by Gasteiger charge is 2.19. The van der Waals surface area contributed by atoms with Gasteiger partial charge in [0.1, 0.15) is 0 Å². The van der Waals surface area contributed by atoms with Gasteiger partial charge in [-0.25, -0.2) is 8.42 Å². The summed E-state index contributed by atoms with van der Waals surface area (Å²) in [5.41, 5.74) is 6.37. The van der Waals surface area contributed by atoms with E-state index in [9.17, 15) is 8.42 Å². The van der Waals surface area contributed by atoms with Crippen LogP contribution in [0.1, 0.15) is 35.2 Å². The first kappa shape index (κ1) is 16.2. The van der Waals surface area contributed by atoms with E-state index in [0.29, 0.717) is 10.6 Å². The number of aromatic nitrogens is 1. The number of benzene rings is 2. The molecule has 4 rings (SSSR count). The lowest BCUT2D eigenvalue weighted by Gasteiger charge is -2.12. The van der Waals surface area contributed by atoms with Crippen molar-refractivity contribution in [3.05, 3.63) is 58.8 Å². The second kappa shape index (κ2) is 5.92. The topological polar surface area (TPSA) is 62.0 Å². The summed E-state index contributed by atoms with van der Waals surface area (Å²) in [4.78, 5) is 3.75. The van der Waals surface area contributed by atoms with Gasteiger partial charge in [0.15, 0.2) is 0 Å². The van der Waals surface area contributed by atoms with Gasteiger partial charge in [0.2, 0.25) is 0 Å². The summed E-state index contributed by atoms with van der Waals surface area (Å²) in [5, 5.41) is 1.04. The third-order valence-corrected chi connectivity index (χ3v) is 6.52. The van der Waals surface area contributed by atoms with E-state index in [2.05, 4.69) is 9.71 Å². The number of aryl methyl sites for hydroxylation is 4. The Morgan fingerprint density at radius 1 is 0.960 bits per heavy atom. The second-order valence-corrected chi connectivity index (χ2v) is 8.58. The van der Waals surface area contributed by atoms with E-state index >= 15 is 0 Å². The SMILES string of the molecule is Cc1ccc(NS(=O)(=O)c2ccc3[nH]c4c(c3c2)CCCC4)cc1C. The summed E-state index contributed by atoms with van der Waals surface area (Å²) >= 11 is 0. The Labute approximate surface area is 148 Å². The highest BCUT2D eigenvalue weighted by Crippen LogP contribution is 2.31. The molecule has 0 bridgehead atoms. The third kappa shape index (κ3) is 2.93. The minimum absolute atomic E-state index is 0.311. The molecule has 1 aliphatic rings. The molecule has 1 aliphatic carbocycles. The quantitative estimate of drug-likeness (QED) is 0.729. The minimum atomic E-state index is -3.60. The lowest BCUT2D eigenvalue weighted by molar-refractivity contribution is 0.601. The fraction of sp³-hybridized carbons (Fsp3) is 0.300. The number of rotatable bonds is 3. The molecular formula is C20H22N2O2S. The Hall–Kier alpha value is -2.27. The molecule has 0 aliphatic heterocycles. The van der Waals surface area contributed by atoms with E-state index in [4.69, 9.17) is 0 Å². The molecule has 1 aromatic heterocycles. The lowest BCUT2D eigenvalue weighted by Crippen LogP contribution is -2.13. The van der Waals surface area contributed by atoms with Gasteiger partial charge in [-0.1, -0.05) is 6.07 Å². The van der Waals surface area contributed by atoms with Crippen LogP contribution in [0.3, 0.4) is 0 Å². The molecule has 3 aromatic rings. The summed E-state index contributed by atoms with van der Waals surface area (Å²) < 4.78 is 28.3. The normalized spacial score (nSPS) is 14.5. The first-order valence-electron chi connectivity index (χ1n) is 8.67. The maximum Gasteiger partial charge on any atom is 0.261 e. The molecule has 0 spiro atoms. The molecule has 2 N–H and O–H groups in total. The van der Waals surface area contributed by atoms with E-state index in [1.165, 1.54) is 17.7 Å². The first-order valence-corrected chi connectivity index (χ1v) is 10.2. The molecule has 0 unspecified atom stereocenters. The van der Waals surface area contributed by atoms with Crippen LogP contribution >= 0.6 is 0 Å². The zero-order valence-corrected chi connectivity index (χ0v) is 15.3. The van der Waals surface area contributed by atoms with Gasteiger partial charge in [-0.3, -0.25) is 4.72 Å². The molecule has 0 saturated heterocycles. The van der Waals surface area contributed by atoms with Crippen molar-refractivity contribution in [2.24, 2.45) is 0 Å². The summed E-state index contributed by atoms with van der Waals surface area (Å²) in [6.07, 6.45) is 4.42. The van der Waals surface area contributed by atoms with Crippen molar-refractivity contribution in [3.8, 4) is 0 Å². The predicted molar refractivity (Wildman–Crippen MR) is 102 cm³/mol. The Kier molecular flexibility index (Phi) is 3.84. The fourth-order valence-corrected chi connectivity index (χ4v) is 4.65. The van der Waals surface area contributed by atoms with Crippen molar-refractivity contribution in [2.75, 3.05) is 4.72 Å². The molecule has 0 amide bonds. The Morgan fingerprint density at radius 3 is 2.56 bits per heavy atom. The molecule has 0 saturated carbocycles. The predicted octanol–water partition coefficient (Wildman–Crippen LogP) is 4.46. The maximum absolute atomic E-state index is 12.8. The van der Waals surface area contributed by atoms with Crippen LogP contribution in [0.15, 0.2) is 41.3 Å². The monoisotopic (exact) mass is 354 g/mol. The number of fused-ring (bicyclic) bond motifs is 3. The molecular weight excluding hydrogens is 332 g/mol. The molecule has 1 heterocycles. The summed E-state index contributed by atoms with van der Waals surface area (Å²) in [6.45, 7) is 3.99. The van der Waals surface area contributed by atoms with Crippen LogP contribution < -0.4 is 4.72 Å². The highest BCUT2D eigenvalue weighted by atomic mass is 32.2. The van der Waals surface area contributed by atoms with E-state index in [-0.39, 0.29) is 0 Å². The van der Waals surface area contributed by atoms with E-state index in [1.807, 2.05) is 32.0 Å². The minimum Gasteiger partial charge on any atom is -0.358 e. The van der Waals surface area contributed by atoms with Crippen molar-refractivity contribution in [3.63, 3.8) is 0 Å². The summed E-state index contributed by atoms with van der Waals surface area (Å²) in [7, 11) is -3.60. The van der Waals surface area contributed by atoms with E-state index in [1.54, 1.807) is 18.2 Å². The molecule has 25 heavy (non-hydrogen) atoms. The van der Waals surface area contributed by atoms with Crippen LogP contribution in [0.4, 0.5) is 5.69 Å². The zero-order chi connectivity index (χ0) is 17.6. The lowest BCUT2D eigenvalue weighted by atomic mass is 9.96. The number of anilines is 1. The standard InChI is InChI=1S/C20H22N2O2S/c1-13-7-8-15(11-14(13)2)22-25(23,24)16-9-10-20-18(12-16)17-5-3-4-6-19(17)21-20/h7-12,21-22H,3-6H2,1-2H3. The molecule has 5 heteroatoms. The largest absolute Gasteiger partial charge is 0.358 e. The molecule has 0 radical (unpaired) electrons. The maximum atomic E-state index is 12.8. The average Bonchev–Trinajstić information content (AvgIpc) is 2.96. The highest BCUT2D eigenvalue weighted by molar-refractivity contribution is 7.92. The van der Waals surface area contributed by atoms with Crippen LogP contribution in [-0.4, -0.2) is 13.4 Å². The molecule has 0 atom stereocenters. The van der Waals surface area contributed by atoms with Crippen LogP contribution in [0.5, 0.6) is 0 Å². The Morgan fingerprint density at radius 2 is 1.76 bits per heavy atom. The molecule has 4 nitrogen and oxygen atoms in total. The molecule has 0 fully saturated rings. The third-order valence-electron chi connectivity index (χ3n) is 5.14. The number of sulfonamides is 1. The van der Waals surface area contributed by atoms with Gasteiger partial charge < -0.3 is 4.98 Å². The number of hydrogen-bond donors (Lipinski definition) is 2. The van der Waals surface area contributed by atoms with Gasteiger partial charge >= 0.3 is 0 Å². The van der Waals surface area contributed by atoms with Crippen molar-refractivity contribution in [2.45, 2.75) is 44.4 Å². The summed E-state index contributed by atoms with van der Waals surface area (Å²) in [5.74, 6) is 0. The van der Waals surface area contributed by atoms with Crippen LogP contribution in [0.2, 0.25) is 0 Å². The summed E-state index contributed by atoms with van der Waals surface area (Å²) in [6, 6.07) is 11.0. The van der Waals surface area contributed by atoms with Crippen LogP contribution in [-0.2, 0) is 22.9 Å². The number of aromatic amines is 1. The molecule has 130 valence electrons. The first-order chi connectivity index (χ1) is 11.9. The number of nitrogens with one attached hydrogen (secondary N) is 2. The van der Waals surface area contributed by atoms with Crippen LogP contribution in [0, 0.1) is 13.8 Å². The van der Waals surface area contributed by atoms with Crippen LogP contribution in [0.25, 0.3) is 10.9 Å². The number of hydrogen-bond acceptors (Lipinski definition) is 2. The van der Waals surface area contributed by atoms with Gasteiger partial charge in [-0.05, 0) is 86.6 Å². The number of H-pyrrole nitrogens is 1.